The number of nitriles is 1. The van der Waals surface area contributed by atoms with Crippen LogP contribution in [0, 0.1) is 18.3 Å². The van der Waals surface area contributed by atoms with Gasteiger partial charge in [0.05, 0.1) is 16.5 Å². The van der Waals surface area contributed by atoms with E-state index in [1.807, 2.05) is 30.5 Å². The lowest BCUT2D eigenvalue weighted by Gasteiger charge is -2.17. The number of hydrogen-bond acceptors (Lipinski definition) is 3. The zero-order valence-electron chi connectivity index (χ0n) is 10.9. The van der Waals surface area contributed by atoms with Crippen LogP contribution in [0.15, 0.2) is 35.7 Å². The monoisotopic (exact) mass is 270 g/mol. The number of hydrogen-bond donors (Lipinski definition) is 0. The molecule has 0 radical (unpaired) electrons. The number of nitrogens with zero attached hydrogens (tertiary/aromatic N) is 2. The summed E-state index contributed by atoms with van der Waals surface area (Å²) in [5, 5.41) is 10.7. The highest BCUT2D eigenvalue weighted by molar-refractivity contribution is 7.12. The van der Waals surface area contributed by atoms with Gasteiger partial charge in [-0.1, -0.05) is 12.1 Å². The first-order chi connectivity index (χ1) is 9.11. The Bertz CT molecular complexity index is 622. The van der Waals surface area contributed by atoms with E-state index in [4.69, 9.17) is 5.26 Å². The number of rotatable bonds is 3. The Morgan fingerprint density at radius 2 is 2.00 bits per heavy atom. The van der Waals surface area contributed by atoms with Gasteiger partial charge in [0.2, 0.25) is 0 Å². The topological polar surface area (TPSA) is 44.1 Å². The third-order valence-corrected chi connectivity index (χ3v) is 3.91. The molecule has 1 amide bonds. The standard InChI is InChI=1S/C15H14N2OS/c1-11-7-8-19-14(11)15(18)17(2)10-13-5-3-12(9-16)4-6-13/h3-8H,10H2,1-2H3. The molecule has 0 atom stereocenters. The minimum absolute atomic E-state index is 0.0388. The van der Waals surface area contributed by atoms with Crippen molar-refractivity contribution in [1.82, 2.24) is 4.90 Å². The van der Waals surface area contributed by atoms with Crippen LogP contribution in [0.3, 0.4) is 0 Å². The molecule has 1 aromatic carbocycles. The molecule has 0 saturated heterocycles. The van der Waals surface area contributed by atoms with Crippen LogP contribution in [0.2, 0.25) is 0 Å². The summed E-state index contributed by atoms with van der Waals surface area (Å²) in [6.45, 7) is 2.49. The van der Waals surface area contributed by atoms with Crippen molar-refractivity contribution in [3.8, 4) is 6.07 Å². The second-order valence-electron chi connectivity index (χ2n) is 4.40. The molecule has 0 spiro atoms. The van der Waals surface area contributed by atoms with Crippen LogP contribution in [0.5, 0.6) is 0 Å². The maximum Gasteiger partial charge on any atom is 0.264 e. The molecule has 2 rings (SSSR count). The number of thiophene rings is 1. The van der Waals surface area contributed by atoms with Crippen LogP contribution in [0.1, 0.15) is 26.4 Å². The van der Waals surface area contributed by atoms with Gasteiger partial charge in [0.15, 0.2) is 0 Å². The van der Waals surface area contributed by atoms with Gasteiger partial charge < -0.3 is 4.90 Å². The first-order valence-corrected chi connectivity index (χ1v) is 6.78. The summed E-state index contributed by atoms with van der Waals surface area (Å²) in [6.07, 6.45) is 0. The van der Waals surface area contributed by atoms with Gasteiger partial charge >= 0.3 is 0 Å². The van der Waals surface area contributed by atoms with Gasteiger partial charge in [0.1, 0.15) is 0 Å². The molecule has 3 nitrogen and oxygen atoms in total. The quantitative estimate of drug-likeness (QED) is 0.859. The molecule has 0 unspecified atom stereocenters. The van der Waals surface area contributed by atoms with Gasteiger partial charge in [-0.05, 0) is 41.6 Å². The molecule has 0 aliphatic carbocycles. The second-order valence-corrected chi connectivity index (χ2v) is 5.32. The molecule has 1 heterocycles. The summed E-state index contributed by atoms with van der Waals surface area (Å²) >= 11 is 1.47. The van der Waals surface area contributed by atoms with Crippen molar-refractivity contribution in [2.45, 2.75) is 13.5 Å². The highest BCUT2D eigenvalue weighted by Gasteiger charge is 2.15. The van der Waals surface area contributed by atoms with E-state index in [1.54, 1.807) is 24.1 Å². The molecule has 1 aromatic heterocycles. The average Bonchev–Trinajstić information content (AvgIpc) is 2.85. The van der Waals surface area contributed by atoms with Crippen molar-refractivity contribution < 1.29 is 4.79 Å². The average molecular weight is 270 g/mol. The maximum absolute atomic E-state index is 12.2. The van der Waals surface area contributed by atoms with E-state index in [9.17, 15) is 4.79 Å². The third-order valence-electron chi connectivity index (χ3n) is 2.91. The number of benzene rings is 1. The zero-order valence-corrected chi connectivity index (χ0v) is 11.7. The molecule has 0 N–H and O–H groups in total. The lowest BCUT2D eigenvalue weighted by molar-refractivity contribution is 0.0789. The van der Waals surface area contributed by atoms with Crippen molar-refractivity contribution in [2.24, 2.45) is 0 Å². The molecule has 4 heteroatoms. The van der Waals surface area contributed by atoms with Crippen molar-refractivity contribution in [1.29, 1.82) is 5.26 Å². The van der Waals surface area contributed by atoms with Gasteiger partial charge in [-0.2, -0.15) is 5.26 Å². The molecule has 2 aromatic rings. The Hall–Kier alpha value is -2.12. The summed E-state index contributed by atoms with van der Waals surface area (Å²) in [5.74, 6) is 0.0388. The Balaban J connectivity index is 2.08. The van der Waals surface area contributed by atoms with Gasteiger partial charge in [-0.25, -0.2) is 0 Å². The predicted octanol–water partition coefficient (Wildman–Crippen LogP) is 3.20. The van der Waals surface area contributed by atoms with E-state index in [1.165, 1.54) is 11.3 Å². The normalized spacial score (nSPS) is 9.95. The summed E-state index contributed by atoms with van der Waals surface area (Å²) < 4.78 is 0. The molecular weight excluding hydrogens is 256 g/mol. The molecule has 0 fully saturated rings. The lowest BCUT2D eigenvalue weighted by Crippen LogP contribution is -2.25. The van der Waals surface area contributed by atoms with Crippen LogP contribution in [0.4, 0.5) is 0 Å². The van der Waals surface area contributed by atoms with Crippen molar-refractivity contribution >= 4 is 17.2 Å². The van der Waals surface area contributed by atoms with Crippen molar-refractivity contribution in [3.05, 3.63) is 57.3 Å². The first-order valence-electron chi connectivity index (χ1n) is 5.90. The third kappa shape index (κ3) is 3.01. The zero-order chi connectivity index (χ0) is 13.8. The number of carbonyl (C=O) groups excluding carboxylic acids is 1. The molecule has 0 saturated carbocycles. The Morgan fingerprint density at radius 1 is 1.32 bits per heavy atom. The van der Waals surface area contributed by atoms with Crippen LogP contribution in [-0.2, 0) is 6.54 Å². The summed E-state index contributed by atoms with van der Waals surface area (Å²) in [4.78, 5) is 14.7. The molecule has 0 bridgehead atoms. The number of amides is 1. The fourth-order valence-electron chi connectivity index (χ4n) is 1.80. The number of aryl methyl sites for hydroxylation is 1. The van der Waals surface area contributed by atoms with Gasteiger partial charge in [0, 0.05) is 13.6 Å². The maximum atomic E-state index is 12.2. The molecule has 0 aliphatic rings. The largest absolute Gasteiger partial charge is 0.337 e. The van der Waals surface area contributed by atoms with Gasteiger partial charge in [0.25, 0.3) is 5.91 Å². The van der Waals surface area contributed by atoms with Crippen LogP contribution in [-0.4, -0.2) is 17.9 Å². The summed E-state index contributed by atoms with van der Waals surface area (Å²) in [5.41, 5.74) is 2.66. The van der Waals surface area contributed by atoms with Crippen LogP contribution < -0.4 is 0 Å². The fourth-order valence-corrected chi connectivity index (χ4v) is 2.71. The summed E-state index contributed by atoms with van der Waals surface area (Å²) in [7, 11) is 1.79. The van der Waals surface area contributed by atoms with Crippen molar-refractivity contribution in [3.63, 3.8) is 0 Å². The van der Waals surface area contributed by atoms with E-state index >= 15 is 0 Å². The van der Waals surface area contributed by atoms with Gasteiger partial charge in [-0.3, -0.25) is 4.79 Å². The highest BCUT2D eigenvalue weighted by atomic mass is 32.1. The van der Waals surface area contributed by atoms with Crippen LogP contribution in [0.25, 0.3) is 0 Å². The smallest absolute Gasteiger partial charge is 0.264 e. The Labute approximate surface area is 116 Å². The summed E-state index contributed by atoms with van der Waals surface area (Å²) in [6, 6.07) is 11.3. The second kappa shape index (κ2) is 5.68. The van der Waals surface area contributed by atoms with Crippen molar-refractivity contribution in [2.75, 3.05) is 7.05 Å². The molecule has 96 valence electrons. The first kappa shape index (κ1) is 13.3. The predicted molar refractivity (Wildman–Crippen MR) is 76.0 cm³/mol. The highest BCUT2D eigenvalue weighted by Crippen LogP contribution is 2.18. The molecule has 19 heavy (non-hydrogen) atoms. The Morgan fingerprint density at radius 3 is 2.53 bits per heavy atom. The van der Waals surface area contributed by atoms with E-state index in [0.717, 1.165) is 16.0 Å². The van der Waals surface area contributed by atoms with E-state index in [2.05, 4.69) is 6.07 Å². The molecule has 0 aliphatic heterocycles. The SMILES string of the molecule is Cc1ccsc1C(=O)N(C)Cc1ccc(C#N)cc1. The van der Waals surface area contributed by atoms with E-state index in [-0.39, 0.29) is 5.91 Å². The van der Waals surface area contributed by atoms with Crippen LogP contribution >= 0.6 is 11.3 Å². The van der Waals surface area contributed by atoms with E-state index < -0.39 is 0 Å². The minimum Gasteiger partial charge on any atom is -0.337 e. The Kier molecular flexibility index (Phi) is 3.98. The lowest BCUT2D eigenvalue weighted by atomic mass is 10.1. The minimum atomic E-state index is 0.0388. The van der Waals surface area contributed by atoms with E-state index in [0.29, 0.717) is 12.1 Å². The van der Waals surface area contributed by atoms with Gasteiger partial charge in [-0.15, -0.1) is 11.3 Å². The fraction of sp³-hybridized carbons (Fsp3) is 0.200. The number of carbonyl (C=O) groups is 1. The molecular formula is C15H14N2OS.